The van der Waals surface area contributed by atoms with Crippen molar-refractivity contribution < 1.29 is 0 Å². The molecular formula is C18H39N3. The van der Waals surface area contributed by atoms with Gasteiger partial charge in [0.1, 0.15) is 0 Å². The summed E-state index contributed by atoms with van der Waals surface area (Å²) in [6.45, 7) is 3.40. The second-order valence-electron chi connectivity index (χ2n) is 6.38. The first-order chi connectivity index (χ1) is 10.1. The number of rotatable bonds is 12. The van der Waals surface area contributed by atoms with E-state index >= 15 is 0 Å². The number of aliphatic imine (C=N–C) groups is 1. The molecule has 0 aliphatic carbocycles. The first kappa shape index (κ1) is 20.3. The predicted molar refractivity (Wildman–Crippen MR) is 96.1 cm³/mol. The fourth-order valence-electron chi connectivity index (χ4n) is 2.83. The molecule has 0 saturated heterocycles. The van der Waals surface area contributed by atoms with Gasteiger partial charge in [0.05, 0.1) is 0 Å². The van der Waals surface area contributed by atoms with Crippen LogP contribution in [0.3, 0.4) is 0 Å². The summed E-state index contributed by atoms with van der Waals surface area (Å²) in [6, 6.07) is 0. The molecule has 0 aromatic heterocycles. The van der Waals surface area contributed by atoms with Crippen LogP contribution in [0.25, 0.3) is 0 Å². The lowest BCUT2D eigenvalue weighted by Gasteiger charge is -2.26. The second kappa shape index (κ2) is 14.2. The van der Waals surface area contributed by atoms with Gasteiger partial charge < -0.3 is 9.80 Å². The summed E-state index contributed by atoms with van der Waals surface area (Å²) in [7, 11) is 8.11. The number of hydrogen-bond donors (Lipinski definition) is 0. The van der Waals surface area contributed by atoms with Gasteiger partial charge in [-0.25, -0.2) is 0 Å². The van der Waals surface area contributed by atoms with Gasteiger partial charge in [0.15, 0.2) is 5.96 Å². The summed E-state index contributed by atoms with van der Waals surface area (Å²) in [5.74, 6) is 1.07. The molecule has 0 N–H and O–H groups in total. The average Bonchev–Trinajstić information content (AvgIpc) is 2.45. The summed E-state index contributed by atoms with van der Waals surface area (Å²) in [5, 5.41) is 0. The van der Waals surface area contributed by atoms with Crippen LogP contribution in [0, 0.1) is 0 Å². The maximum absolute atomic E-state index is 4.33. The van der Waals surface area contributed by atoms with Crippen molar-refractivity contribution in [2.45, 2.75) is 77.6 Å². The van der Waals surface area contributed by atoms with Gasteiger partial charge in [0.2, 0.25) is 0 Å². The molecule has 0 aliphatic heterocycles. The molecule has 0 aliphatic rings. The minimum absolute atomic E-state index is 1.07. The molecule has 0 amide bonds. The molecule has 0 unspecified atom stereocenters. The van der Waals surface area contributed by atoms with Crippen LogP contribution in [0.2, 0.25) is 0 Å². The van der Waals surface area contributed by atoms with E-state index in [1.165, 1.54) is 70.6 Å². The minimum Gasteiger partial charge on any atom is -0.349 e. The Morgan fingerprint density at radius 3 is 1.52 bits per heavy atom. The fraction of sp³-hybridized carbons (Fsp3) is 0.944. The van der Waals surface area contributed by atoms with Crippen LogP contribution in [0.5, 0.6) is 0 Å². The number of unbranched alkanes of at least 4 members (excludes halogenated alkanes) is 10. The Kier molecular flexibility index (Phi) is 13.7. The van der Waals surface area contributed by atoms with Crippen molar-refractivity contribution in [2.24, 2.45) is 4.99 Å². The Bertz CT molecular complexity index is 249. The largest absolute Gasteiger partial charge is 0.349 e. The normalized spacial score (nSPS) is 11.8. The van der Waals surface area contributed by atoms with Crippen molar-refractivity contribution in [2.75, 3.05) is 34.7 Å². The van der Waals surface area contributed by atoms with Gasteiger partial charge in [-0.3, -0.25) is 4.99 Å². The van der Waals surface area contributed by atoms with E-state index in [1.807, 2.05) is 7.05 Å². The standard InChI is InChI=1S/C18H39N3/c1-6-7-8-9-10-11-12-13-14-15-16-17-21(5)18(19-2)20(3)4/h6-17H2,1-5H3. The highest BCUT2D eigenvalue weighted by molar-refractivity contribution is 5.79. The predicted octanol–water partition coefficient (Wildman–Crippen LogP) is 4.78. The maximum atomic E-state index is 4.33. The average molecular weight is 298 g/mol. The molecular weight excluding hydrogens is 258 g/mol. The van der Waals surface area contributed by atoms with E-state index in [1.54, 1.807) is 0 Å². The Morgan fingerprint density at radius 1 is 0.714 bits per heavy atom. The minimum atomic E-state index is 1.07. The third-order valence-electron chi connectivity index (χ3n) is 4.04. The van der Waals surface area contributed by atoms with E-state index in [0.29, 0.717) is 0 Å². The number of guanidine groups is 1. The van der Waals surface area contributed by atoms with Crippen LogP contribution in [0.15, 0.2) is 4.99 Å². The highest BCUT2D eigenvalue weighted by Crippen LogP contribution is 2.11. The van der Waals surface area contributed by atoms with Gasteiger partial charge >= 0.3 is 0 Å². The molecule has 3 nitrogen and oxygen atoms in total. The quantitative estimate of drug-likeness (QED) is 0.293. The summed E-state index contributed by atoms with van der Waals surface area (Å²) >= 11 is 0. The molecule has 0 radical (unpaired) electrons. The molecule has 0 aromatic rings. The van der Waals surface area contributed by atoms with Gasteiger partial charge in [0, 0.05) is 34.7 Å². The Balaban J connectivity index is 3.36. The molecule has 0 spiro atoms. The topological polar surface area (TPSA) is 18.8 Å². The molecule has 0 saturated carbocycles. The molecule has 126 valence electrons. The van der Waals surface area contributed by atoms with Crippen LogP contribution in [0.1, 0.15) is 77.6 Å². The number of hydrogen-bond acceptors (Lipinski definition) is 1. The van der Waals surface area contributed by atoms with E-state index in [4.69, 9.17) is 0 Å². The lowest BCUT2D eigenvalue weighted by atomic mass is 10.1. The molecule has 0 atom stereocenters. The molecule has 0 heterocycles. The van der Waals surface area contributed by atoms with Crippen molar-refractivity contribution in [3.05, 3.63) is 0 Å². The van der Waals surface area contributed by atoms with Crippen LogP contribution in [-0.2, 0) is 0 Å². The van der Waals surface area contributed by atoms with Crippen molar-refractivity contribution >= 4 is 5.96 Å². The van der Waals surface area contributed by atoms with E-state index in [0.717, 1.165) is 12.5 Å². The van der Waals surface area contributed by atoms with Crippen molar-refractivity contribution in [3.63, 3.8) is 0 Å². The summed E-state index contributed by atoms with van der Waals surface area (Å²) in [4.78, 5) is 8.67. The van der Waals surface area contributed by atoms with Crippen LogP contribution in [0.4, 0.5) is 0 Å². The molecule has 3 heteroatoms. The molecule has 0 bridgehead atoms. The highest BCUT2D eigenvalue weighted by atomic mass is 15.3. The summed E-state index contributed by atoms with van der Waals surface area (Å²) in [5.41, 5.74) is 0. The van der Waals surface area contributed by atoms with Crippen molar-refractivity contribution in [3.8, 4) is 0 Å². The zero-order chi connectivity index (χ0) is 15.9. The van der Waals surface area contributed by atoms with Gasteiger partial charge in [-0.15, -0.1) is 0 Å². The van der Waals surface area contributed by atoms with Gasteiger partial charge in [-0.1, -0.05) is 71.1 Å². The van der Waals surface area contributed by atoms with E-state index < -0.39 is 0 Å². The van der Waals surface area contributed by atoms with Crippen molar-refractivity contribution in [1.82, 2.24) is 9.80 Å². The van der Waals surface area contributed by atoms with Gasteiger partial charge in [0.25, 0.3) is 0 Å². The monoisotopic (exact) mass is 297 g/mol. The second-order valence-corrected chi connectivity index (χ2v) is 6.38. The first-order valence-corrected chi connectivity index (χ1v) is 8.98. The Labute approximate surface area is 133 Å². The van der Waals surface area contributed by atoms with Crippen LogP contribution >= 0.6 is 0 Å². The Hall–Kier alpha value is -0.730. The van der Waals surface area contributed by atoms with Crippen LogP contribution < -0.4 is 0 Å². The highest BCUT2D eigenvalue weighted by Gasteiger charge is 2.06. The summed E-state index contributed by atoms with van der Waals surface area (Å²) < 4.78 is 0. The van der Waals surface area contributed by atoms with Crippen molar-refractivity contribution in [1.29, 1.82) is 0 Å². The third-order valence-corrected chi connectivity index (χ3v) is 4.04. The zero-order valence-corrected chi connectivity index (χ0v) is 15.3. The summed E-state index contributed by atoms with van der Waals surface area (Å²) in [6.07, 6.45) is 15.4. The van der Waals surface area contributed by atoms with E-state index in [9.17, 15) is 0 Å². The lowest BCUT2D eigenvalue weighted by Crippen LogP contribution is -2.38. The lowest BCUT2D eigenvalue weighted by molar-refractivity contribution is 0.406. The maximum Gasteiger partial charge on any atom is 0.195 e. The molecule has 0 aromatic carbocycles. The molecule has 21 heavy (non-hydrogen) atoms. The van der Waals surface area contributed by atoms with E-state index in [-0.39, 0.29) is 0 Å². The number of nitrogens with zero attached hydrogens (tertiary/aromatic N) is 3. The van der Waals surface area contributed by atoms with Crippen LogP contribution in [-0.4, -0.2) is 50.5 Å². The zero-order valence-electron chi connectivity index (χ0n) is 15.3. The fourth-order valence-corrected chi connectivity index (χ4v) is 2.83. The van der Waals surface area contributed by atoms with Gasteiger partial charge in [-0.05, 0) is 6.42 Å². The molecule has 0 rings (SSSR count). The SMILES string of the molecule is CCCCCCCCCCCCCN(C)C(=NC)N(C)C. The Morgan fingerprint density at radius 2 is 1.14 bits per heavy atom. The van der Waals surface area contributed by atoms with Gasteiger partial charge in [-0.2, -0.15) is 0 Å². The third kappa shape index (κ3) is 11.6. The molecule has 0 fully saturated rings. The smallest absolute Gasteiger partial charge is 0.195 e. The van der Waals surface area contributed by atoms with E-state index in [2.05, 4.69) is 42.9 Å². The first-order valence-electron chi connectivity index (χ1n) is 8.98.